The molecule has 0 saturated carbocycles. The molecule has 4 nitrogen and oxygen atoms in total. The highest BCUT2D eigenvalue weighted by Gasteiger charge is 2.01. The topological polar surface area (TPSA) is 52.6 Å². The Labute approximate surface area is 207 Å². The van der Waals surface area contributed by atoms with Gasteiger partial charge in [0.25, 0.3) is 0 Å². The van der Waals surface area contributed by atoms with Crippen molar-refractivity contribution < 1.29 is 19.1 Å². The summed E-state index contributed by atoms with van der Waals surface area (Å²) in [6.45, 7) is 20.1. The monoisotopic (exact) mass is 516 g/mol. The molecular formula is C28H37BrO4. The van der Waals surface area contributed by atoms with Gasteiger partial charge in [-0.25, -0.2) is 9.59 Å². The first-order valence-corrected chi connectivity index (χ1v) is 11.7. The van der Waals surface area contributed by atoms with Crippen molar-refractivity contribution >= 4 is 33.9 Å². The van der Waals surface area contributed by atoms with Crippen molar-refractivity contribution in [3.05, 3.63) is 86.4 Å². The Balaban J connectivity index is 0.000000514. The number of esters is 2. The summed E-state index contributed by atoms with van der Waals surface area (Å²) in [5.41, 5.74) is 8.66. The van der Waals surface area contributed by atoms with Gasteiger partial charge in [0, 0.05) is 16.6 Å². The van der Waals surface area contributed by atoms with Gasteiger partial charge in [-0.15, -0.1) is 0 Å². The summed E-state index contributed by atoms with van der Waals surface area (Å²) in [7, 11) is 0. The maximum Gasteiger partial charge on any atom is 0.330 e. The second kappa shape index (κ2) is 16.0. The largest absolute Gasteiger partial charge is 0.463 e. The van der Waals surface area contributed by atoms with Gasteiger partial charge in [0.05, 0.1) is 13.2 Å². The fourth-order valence-corrected chi connectivity index (χ4v) is 3.39. The highest BCUT2D eigenvalue weighted by Crippen LogP contribution is 2.21. The average molecular weight is 518 g/mol. The van der Waals surface area contributed by atoms with Crippen molar-refractivity contribution in [1.82, 2.24) is 0 Å². The van der Waals surface area contributed by atoms with E-state index in [2.05, 4.69) is 79.2 Å². The van der Waals surface area contributed by atoms with Crippen LogP contribution in [0.1, 0.15) is 52.8 Å². The minimum atomic E-state index is -0.359. The van der Waals surface area contributed by atoms with E-state index in [1.165, 1.54) is 43.9 Å². The van der Waals surface area contributed by atoms with Gasteiger partial charge in [-0.3, -0.25) is 0 Å². The summed E-state index contributed by atoms with van der Waals surface area (Å²) in [5.74, 6) is -0.649. The molecule has 0 unspecified atom stereocenters. The summed E-state index contributed by atoms with van der Waals surface area (Å²) in [6.07, 6.45) is 4.44. The number of benzene rings is 2. The quantitative estimate of drug-likeness (QED) is 0.309. The van der Waals surface area contributed by atoms with Crippen molar-refractivity contribution in [2.45, 2.75) is 55.4 Å². The molecule has 0 spiro atoms. The molecule has 2 aromatic rings. The van der Waals surface area contributed by atoms with E-state index in [0.717, 1.165) is 11.6 Å². The predicted molar refractivity (Wildman–Crippen MR) is 142 cm³/mol. The van der Waals surface area contributed by atoms with Crippen LogP contribution in [-0.2, 0) is 19.1 Å². The van der Waals surface area contributed by atoms with Crippen molar-refractivity contribution in [3.63, 3.8) is 0 Å². The second-order valence-electron chi connectivity index (χ2n) is 7.57. The molecule has 0 saturated heterocycles. The lowest BCUT2D eigenvalue weighted by Gasteiger charge is -2.06. The Morgan fingerprint density at radius 1 is 0.788 bits per heavy atom. The number of aryl methyl sites for hydroxylation is 6. The van der Waals surface area contributed by atoms with Gasteiger partial charge in [0.15, 0.2) is 0 Å². The van der Waals surface area contributed by atoms with Crippen molar-refractivity contribution in [3.8, 4) is 0 Å². The van der Waals surface area contributed by atoms with E-state index in [1.807, 2.05) is 19.9 Å². The second-order valence-corrected chi connectivity index (χ2v) is 8.36. The molecule has 0 aliphatic rings. The number of hydrogen-bond acceptors (Lipinski definition) is 4. The third-order valence-electron chi connectivity index (χ3n) is 4.44. The molecule has 2 aromatic carbocycles. The average Bonchev–Trinajstić information content (AvgIpc) is 2.72. The first-order valence-electron chi connectivity index (χ1n) is 10.9. The number of rotatable bonds is 5. The minimum Gasteiger partial charge on any atom is -0.463 e. The summed E-state index contributed by atoms with van der Waals surface area (Å²) in [6, 6.07) is 8.57. The van der Waals surface area contributed by atoms with E-state index >= 15 is 0 Å². The molecular weight excluding hydrogens is 480 g/mol. The van der Waals surface area contributed by atoms with Crippen LogP contribution in [0.3, 0.4) is 0 Å². The predicted octanol–water partition coefficient (Wildman–Crippen LogP) is 7.30. The molecule has 0 aliphatic heterocycles. The molecule has 33 heavy (non-hydrogen) atoms. The van der Waals surface area contributed by atoms with Crippen LogP contribution < -0.4 is 0 Å². The molecule has 0 radical (unpaired) electrons. The van der Waals surface area contributed by atoms with Crippen molar-refractivity contribution in [1.29, 1.82) is 0 Å². The van der Waals surface area contributed by atoms with Gasteiger partial charge in [-0.05, 0) is 89.3 Å². The lowest BCUT2D eigenvalue weighted by Crippen LogP contribution is -1.99. The Bertz CT molecular complexity index is 928. The molecule has 0 aliphatic carbocycles. The third-order valence-corrected chi connectivity index (χ3v) is 5.70. The summed E-state index contributed by atoms with van der Waals surface area (Å²) < 4.78 is 10.5. The van der Waals surface area contributed by atoms with Crippen LogP contribution in [-0.4, -0.2) is 25.2 Å². The highest BCUT2D eigenvalue weighted by atomic mass is 79.9. The van der Waals surface area contributed by atoms with Crippen LogP contribution in [0, 0.1) is 41.5 Å². The van der Waals surface area contributed by atoms with E-state index in [9.17, 15) is 9.59 Å². The Morgan fingerprint density at radius 2 is 1.18 bits per heavy atom. The first-order chi connectivity index (χ1) is 15.5. The van der Waals surface area contributed by atoms with Gasteiger partial charge >= 0.3 is 11.9 Å². The molecule has 0 bridgehead atoms. The van der Waals surface area contributed by atoms with Gasteiger partial charge in [-0.1, -0.05) is 57.9 Å². The molecule has 0 heterocycles. The number of carbonyl (C=O) groups excluding carboxylic acids is 2. The molecule has 0 fully saturated rings. The Kier molecular flexibility index (Phi) is 14.7. The molecule has 180 valence electrons. The Hall–Kier alpha value is -2.66. The maximum absolute atomic E-state index is 11.2. The molecule has 0 aromatic heterocycles. The number of carbonyl (C=O) groups is 2. The van der Waals surface area contributed by atoms with Crippen LogP contribution in [0.5, 0.6) is 0 Å². The van der Waals surface area contributed by atoms with E-state index in [1.54, 1.807) is 13.8 Å². The van der Waals surface area contributed by atoms with E-state index in [-0.39, 0.29) is 11.9 Å². The van der Waals surface area contributed by atoms with Crippen LogP contribution >= 0.6 is 15.9 Å². The highest BCUT2D eigenvalue weighted by molar-refractivity contribution is 9.10. The zero-order valence-corrected chi connectivity index (χ0v) is 22.8. The van der Waals surface area contributed by atoms with E-state index in [0.29, 0.717) is 13.2 Å². The van der Waals surface area contributed by atoms with E-state index < -0.39 is 0 Å². The smallest absolute Gasteiger partial charge is 0.330 e. The first kappa shape index (κ1) is 30.3. The molecule has 2 rings (SSSR count). The van der Waals surface area contributed by atoms with Crippen molar-refractivity contribution in [2.75, 3.05) is 13.2 Å². The fraction of sp³-hybridized carbons (Fsp3) is 0.357. The third kappa shape index (κ3) is 12.2. The van der Waals surface area contributed by atoms with Gasteiger partial charge in [-0.2, -0.15) is 0 Å². The standard InChI is InChI=1S/C14H18O2.C9H11Br.C5H8O2/c1-5-16-14(15)7-6-13-11(3)8-10(2)9-12(13)4;1-6-4-7(2)9(10)8(3)5-6;1-3-5(6)7-4-2/h6-9H,5H2,1-4H3;4-5H,1-3H3;3H,1,4H2,2H3/b7-6+;;. The number of hydrogen-bond donors (Lipinski definition) is 0. The van der Waals surface area contributed by atoms with Gasteiger partial charge in [0.2, 0.25) is 0 Å². The van der Waals surface area contributed by atoms with Crippen LogP contribution in [0.15, 0.2) is 47.5 Å². The summed E-state index contributed by atoms with van der Waals surface area (Å²) in [5, 5.41) is 0. The maximum atomic E-state index is 11.2. The summed E-state index contributed by atoms with van der Waals surface area (Å²) in [4.78, 5) is 21.3. The SMILES string of the molecule is C=CC(=O)OCC.CCOC(=O)/C=C/c1c(C)cc(C)cc1C.Cc1cc(C)c(Br)c(C)c1. The zero-order valence-electron chi connectivity index (χ0n) is 21.2. The van der Waals surface area contributed by atoms with Crippen LogP contribution in [0.2, 0.25) is 0 Å². The number of ether oxygens (including phenoxy) is 2. The normalized spacial score (nSPS) is 9.85. The molecule has 5 heteroatoms. The zero-order chi connectivity index (χ0) is 25.6. The van der Waals surface area contributed by atoms with Gasteiger partial charge < -0.3 is 9.47 Å². The van der Waals surface area contributed by atoms with Crippen LogP contribution in [0.4, 0.5) is 0 Å². The molecule has 0 N–H and O–H groups in total. The number of halogens is 1. The molecule has 0 amide bonds. The Morgan fingerprint density at radius 3 is 1.55 bits per heavy atom. The molecule has 0 atom stereocenters. The summed E-state index contributed by atoms with van der Waals surface area (Å²) >= 11 is 3.51. The lowest BCUT2D eigenvalue weighted by atomic mass is 9.99. The lowest BCUT2D eigenvalue weighted by molar-refractivity contribution is -0.138. The minimum absolute atomic E-state index is 0.290. The van der Waals surface area contributed by atoms with Gasteiger partial charge in [0.1, 0.15) is 0 Å². The fourth-order valence-electron chi connectivity index (χ4n) is 3.16. The van der Waals surface area contributed by atoms with Crippen LogP contribution in [0.25, 0.3) is 6.08 Å². The van der Waals surface area contributed by atoms with Crippen molar-refractivity contribution in [2.24, 2.45) is 0 Å². The van der Waals surface area contributed by atoms with E-state index in [4.69, 9.17) is 4.74 Å².